The second-order valence-corrected chi connectivity index (χ2v) is 3.32. The second kappa shape index (κ2) is 7.26. The van der Waals surface area contributed by atoms with Crippen LogP contribution in [0.5, 0.6) is 0 Å². The van der Waals surface area contributed by atoms with Gasteiger partial charge in [-0.15, -0.1) is 0 Å². The van der Waals surface area contributed by atoms with Crippen molar-refractivity contribution in [1.29, 1.82) is 0 Å². The van der Waals surface area contributed by atoms with Gasteiger partial charge < -0.3 is 19.9 Å². The maximum atomic E-state index is 9.05. The van der Waals surface area contributed by atoms with Crippen LogP contribution >= 0.6 is 0 Å². The van der Waals surface area contributed by atoms with E-state index in [2.05, 4.69) is 5.32 Å². The quantitative estimate of drug-likeness (QED) is 0.531. The molecular formula is C9H21NO3. The fourth-order valence-corrected chi connectivity index (χ4v) is 0.825. The van der Waals surface area contributed by atoms with Crippen LogP contribution in [0.2, 0.25) is 0 Å². The van der Waals surface area contributed by atoms with Crippen LogP contribution < -0.4 is 5.32 Å². The van der Waals surface area contributed by atoms with E-state index in [1.54, 1.807) is 7.11 Å². The summed E-state index contributed by atoms with van der Waals surface area (Å²) in [6.07, 6.45) is 0.795. The lowest BCUT2D eigenvalue weighted by Gasteiger charge is -2.26. The molecule has 2 N–H and O–H groups in total. The highest BCUT2D eigenvalue weighted by Gasteiger charge is 2.19. The highest BCUT2D eigenvalue weighted by Crippen LogP contribution is 2.07. The molecule has 1 atom stereocenters. The molecule has 1 unspecified atom stereocenters. The normalized spacial score (nSPS) is 15.7. The lowest BCUT2D eigenvalue weighted by atomic mass is 10.0. The molecule has 0 aromatic carbocycles. The summed E-state index contributed by atoms with van der Waals surface area (Å²) in [6.45, 7) is 3.96. The lowest BCUT2D eigenvalue weighted by molar-refractivity contribution is 0.0518. The third-order valence-electron chi connectivity index (χ3n) is 2.18. The van der Waals surface area contributed by atoms with Gasteiger partial charge in [0.05, 0.1) is 19.8 Å². The van der Waals surface area contributed by atoms with Crippen molar-refractivity contribution < 1.29 is 14.6 Å². The lowest BCUT2D eigenvalue weighted by Crippen LogP contribution is -2.44. The summed E-state index contributed by atoms with van der Waals surface area (Å²) in [5.74, 6) is 0. The molecule has 0 aliphatic rings. The van der Waals surface area contributed by atoms with Crippen molar-refractivity contribution in [1.82, 2.24) is 5.32 Å². The minimum Gasteiger partial charge on any atom is -0.394 e. The predicted molar refractivity (Wildman–Crippen MR) is 51.9 cm³/mol. The van der Waals surface area contributed by atoms with E-state index in [-0.39, 0.29) is 12.1 Å². The maximum Gasteiger partial charge on any atom is 0.0700 e. The van der Waals surface area contributed by atoms with Crippen molar-refractivity contribution in [2.45, 2.75) is 18.9 Å². The molecule has 0 aromatic rings. The van der Waals surface area contributed by atoms with Gasteiger partial charge in [0.2, 0.25) is 0 Å². The summed E-state index contributed by atoms with van der Waals surface area (Å²) >= 11 is 0. The van der Waals surface area contributed by atoms with Crippen molar-refractivity contribution >= 4 is 0 Å². The van der Waals surface area contributed by atoms with Gasteiger partial charge in [0.1, 0.15) is 0 Å². The standard InChI is InChI=1S/C9H21NO3/c1-9(8-11,10-2)4-5-13-7-6-12-3/h10-11H,4-8H2,1-3H3. The first-order valence-electron chi connectivity index (χ1n) is 4.55. The highest BCUT2D eigenvalue weighted by molar-refractivity contribution is 4.79. The van der Waals surface area contributed by atoms with Crippen molar-refractivity contribution in [2.75, 3.05) is 40.6 Å². The van der Waals surface area contributed by atoms with Gasteiger partial charge in [-0.1, -0.05) is 0 Å². The maximum absolute atomic E-state index is 9.05. The smallest absolute Gasteiger partial charge is 0.0700 e. The Morgan fingerprint density at radius 3 is 2.46 bits per heavy atom. The summed E-state index contributed by atoms with van der Waals surface area (Å²) in [7, 11) is 3.49. The number of methoxy groups -OCH3 is 1. The first-order chi connectivity index (χ1) is 6.18. The third-order valence-corrected chi connectivity index (χ3v) is 2.18. The monoisotopic (exact) mass is 191 g/mol. The zero-order valence-corrected chi connectivity index (χ0v) is 8.80. The van der Waals surface area contributed by atoms with E-state index in [0.717, 1.165) is 6.42 Å². The van der Waals surface area contributed by atoms with Gasteiger partial charge >= 0.3 is 0 Å². The molecule has 4 heteroatoms. The Balaban J connectivity index is 3.39. The van der Waals surface area contributed by atoms with E-state index in [4.69, 9.17) is 14.6 Å². The van der Waals surface area contributed by atoms with E-state index in [9.17, 15) is 0 Å². The molecule has 0 aliphatic carbocycles. The Morgan fingerprint density at radius 1 is 1.31 bits per heavy atom. The van der Waals surface area contributed by atoms with Gasteiger partial charge in [-0.25, -0.2) is 0 Å². The van der Waals surface area contributed by atoms with E-state index < -0.39 is 0 Å². The highest BCUT2D eigenvalue weighted by atomic mass is 16.5. The summed E-state index contributed by atoms with van der Waals surface area (Å²) in [4.78, 5) is 0. The van der Waals surface area contributed by atoms with Gasteiger partial charge in [-0.2, -0.15) is 0 Å². The van der Waals surface area contributed by atoms with Crippen LogP contribution in [0.3, 0.4) is 0 Å². The fourth-order valence-electron chi connectivity index (χ4n) is 0.825. The summed E-state index contributed by atoms with van der Waals surface area (Å²) in [6, 6.07) is 0. The van der Waals surface area contributed by atoms with Gasteiger partial charge in [0, 0.05) is 19.3 Å². The van der Waals surface area contributed by atoms with Gasteiger partial charge in [0.15, 0.2) is 0 Å². The summed E-state index contributed by atoms with van der Waals surface area (Å²) in [5, 5.41) is 12.1. The molecule has 0 saturated heterocycles. The molecule has 0 amide bonds. The Hall–Kier alpha value is -0.160. The number of likely N-dealkylation sites (N-methyl/N-ethyl adjacent to an activating group) is 1. The molecule has 0 rings (SSSR count). The molecule has 0 aliphatic heterocycles. The van der Waals surface area contributed by atoms with Crippen molar-refractivity contribution in [2.24, 2.45) is 0 Å². The summed E-state index contributed by atoms with van der Waals surface area (Å²) < 4.78 is 10.1. The van der Waals surface area contributed by atoms with E-state index in [0.29, 0.717) is 19.8 Å². The first kappa shape index (κ1) is 12.8. The van der Waals surface area contributed by atoms with Crippen molar-refractivity contribution in [3.8, 4) is 0 Å². The van der Waals surface area contributed by atoms with Crippen molar-refractivity contribution in [3.63, 3.8) is 0 Å². The Kier molecular flexibility index (Phi) is 7.17. The molecule has 0 bridgehead atoms. The molecule has 13 heavy (non-hydrogen) atoms. The van der Waals surface area contributed by atoms with Crippen LogP contribution in [0.15, 0.2) is 0 Å². The fraction of sp³-hybridized carbons (Fsp3) is 1.00. The number of aliphatic hydroxyl groups excluding tert-OH is 1. The molecular weight excluding hydrogens is 170 g/mol. The van der Waals surface area contributed by atoms with Crippen LogP contribution in [0.25, 0.3) is 0 Å². The van der Waals surface area contributed by atoms with E-state index in [1.807, 2.05) is 14.0 Å². The number of hydrogen-bond donors (Lipinski definition) is 2. The van der Waals surface area contributed by atoms with Crippen LogP contribution in [-0.4, -0.2) is 51.2 Å². The topological polar surface area (TPSA) is 50.7 Å². The average molecular weight is 191 g/mol. The van der Waals surface area contributed by atoms with Crippen LogP contribution in [0.1, 0.15) is 13.3 Å². The largest absolute Gasteiger partial charge is 0.394 e. The molecule has 0 fully saturated rings. The molecule has 0 saturated carbocycles. The van der Waals surface area contributed by atoms with Gasteiger partial charge in [-0.05, 0) is 20.4 Å². The molecule has 4 nitrogen and oxygen atoms in total. The minimum atomic E-state index is -0.229. The third kappa shape index (κ3) is 5.99. The van der Waals surface area contributed by atoms with E-state index >= 15 is 0 Å². The number of hydrogen-bond acceptors (Lipinski definition) is 4. The van der Waals surface area contributed by atoms with Crippen LogP contribution in [-0.2, 0) is 9.47 Å². The number of nitrogens with one attached hydrogen (secondary N) is 1. The number of rotatable bonds is 8. The zero-order chi connectivity index (χ0) is 10.2. The van der Waals surface area contributed by atoms with Crippen molar-refractivity contribution in [3.05, 3.63) is 0 Å². The minimum absolute atomic E-state index is 0.122. The average Bonchev–Trinajstić information content (AvgIpc) is 2.17. The van der Waals surface area contributed by atoms with Crippen LogP contribution in [0, 0.1) is 0 Å². The van der Waals surface area contributed by atoms with E-state index in [1.165, 1.54) is 0 Å². The molecule has 0 aromatic heterocycles. The van der Waals surface area contributed by atoms with Gasteiger partial charge in [-0.3, -0.25) is 0 Å². The Morgan fingerprint density at radius 2 is 2.00 bits per heavy atom. The molecule has 80 valence electrons. The first-order valence-corrected chi connectivity index (χ1v) is 4.55. The van der Waals surface area contributed by atoms with Gasteiger partial charge in [0.25, 0.3) is 0 Å². The Bertz CT molecular complexity index is 115. The Labute approximate surface area is 80.2 Å². The summed E-state index contributed by atoms with van der Waals surface area (Å²) in [5.41, 5.74) is -0.229. The zero-order valence-electron chi connectivity index (χ0n) is 8.80. The SMILES string of the molecule is CNC(C)(CO)CCOCCOC. The number of aliphatic hydroxyl groups is 1. The number of ether oxygens (including phenoxy) is 2. The molecule has 0 heterocycles. The molecule has 0 radical (unpaired) electrons. The predicted octanol–water partition coefficient (Wildman–Crippen LogP) is 0.00990. The van der Waals surface area contributed by atoms with Crippen LogP contribution in [0.4, 0.5) is 0 Å². The molecule has 0 spiro atoms. The second-order valence-electron chi connectivity index (χ2n) is 3.32.